The molecule has 0 unspecified atom stereocenters. The molecule has 0 aromatic carbocycles. The monoisotopic (exact) mass is 250 g/mol. The summed E-state index contributed by atoms with van der Waals surface area (Å²) in [6.45, 7) is 9.26. The second kappa shape index (κ2) is 4.63. The van der Waals surface area contributed by atoms with Crippen molar-refractivity contribution in [2.75, 3.05) is 13.2 Å². The van der Waals surface area contributed by atoms with Crippen LogP contribution in [0, 0.1) is 5.41 Å². The van der Waals surface area contributed by atoms with Crippen molar-refractivity contribution in [3.63, 3.8) is 0 Å². The second-order valence-corrected chi connectivity index (χ2v) is 5.79. The molecule has 1 aliphatic carbocycles. The highest BCUT2D eigenvalue weighted by atomic mass is 16.7. The van der Waals surface area contributed by atoms with Gasteiger partial charge in [0.25, 0.3) is 0 Å². The highest BCUT2D eigenvalue weighted by Crippen LogP contribution is 2.38. The van der Waals surface area contributed by atoms with Gasteiger partial charge >= 0.3 is 0 Å². The maximum Gasteiger partial charge on any atom is 0.185 e. The van der Waals surface area contributed by atoms with E-state index in [0.717, 1.165) is 12.0 Å². The van der Waals surface area contributed by atoms with Crippen molar-refractivity contribution in [1.82, 2.24) is 0 Å². The first-order chi connectivity index (χ1) is 8.35. The summed E-state index contributed by atoms with van der Waals surface area (Å²) in [6.07, 6.45) is 5.46. The van der Waals surface area contributed by atoms with Gasteiger partial charge in [-0.1, -0.05) is 11.6 Å². The average molecular weight is 250 g/mol. The fraction of sp³-hybridized carbons (Fsp3) is 0.667. The topological polar surface area (TPSA) is 35.5 Å². The van der Waals surface area contributed by atoms with Gasteiger partial charge < -0.3 is 9.47 Å². The number of carbonyl (C=O) groups excluding carboxylic acids is 1. The largest absolute Gasteiger partial charge is 0.344 e. The highest BCUT2D eigenvalue weighted by molar-refractivity contribution is 5.89. The zero-order chi connectivity index (χ0) is 13.4. The van der Waals surface area contributed by atoms with Crippen molar-refractivity contribution in [3.05, 3.63) is 23.3 Å². The van der Waals surface area contributed by atoms with E-state index in [-0.39, 0.29) is 0 Å². The standard InChI is InChI=1S/C15H22O3/c1-11-5-6-13(16)14(2,3)12(11)7-8-15(4)17-9-10-18-15/h7-8H,5-6,9-10H2,1-4H3/b8-7+. The van der Waals surface area contributed by atoms with Crippen LogP contribution in [0.5, 0.6) is 0 Å². The van der Waals surface area contributed by atoms with Gasteiger partial charge in [-0.15, -0.1) is 0 Å². The first-order valence-electron chi connectivity index (χ1n) is 6.56. The fourth-order valence-corrected chi connectivity index (χ4v) is 2.64. The van der Waals surface area contributed by atoms with E-state index in [1.54, 1.807) is 0 Å². The van der Waals surface area contributed by atoms with E-state index in [0.29, 0.717) is 25.4 Å². The number of allylic oxidation sites excluding steroid dienone is 3. The molecule has 0 saturated carbocycles. The lowest BCUT2D eigenvalue weighted by molar-refractivity contribution is -0.125. The van der Waals surface area contributed by atoms with Gasteiger partial charge in [0.1, 0.15) is 5.78 Å². The predicted molar refractivity (Wildman–Crippen MR) is 70.2 cm³/mol. The SMILES string of the molecule is CC1=C(/C=C/C2(C)OCCO2)C(C)(C)C(=O)CC1. The Morgan fingerprint density at radius 1 is 1.11 bits per heavy atom. The zero-order valence-electron chi connectivity index (χ0n) is 11.7. The summed E-state index contributed by atoms with van der Waals surface area (Å²) in [7, 11) is 0. The van der Waals surface area contributed by atoms with E-state index in [1.807, 2.05) is 32.9 Å². The molecule has 0 amide bonds. The Balaban J connectivity index is 2.26. The average Bonchev–Trinajstić information content (AvgIpc) is 2.71. The van der Waals surface area contributed by atoms with Gasteiger partial charge in [-0.05, 0) is 45.8 Å². The molecule has 1 heterocycles. The van der Waals surface area contributed by atoms with Gasteiger partial charge in [-0.25, -0.2) is 0 Å². The quantitative estimate of drug-likeness (QED) is 0.755. The van der Waals surface area contributed by atoms with Crippen LogP contribution in [0.15, 0.2) is 23.3 Å². The normalized spacial score (nSPS) is 27.2. The van der Waals surface area contributed by atoms with Crippen LogP contribution in [0.2, 0.25) is 0 Å². The van der Waals surface area contributed by atoms with E-state index in [1.165, 1.54) is 5.57 Å². The Kier molecular flexibility index (Phi) is 3.47. The lowest BCUT2D eigenvalue weighted by Gasteiger charge is -2.32. The van der Waals surface area contributed by atoms with Crippen molar-refractivity contribution in [2.45, 2.75) is 46.3 Å². The Bertz CT molecular complexity index is 409. The molecule has 1 fully saturated rings. The molecule has 0 aromatic rings. The van der Waals surface area contributed by atoms with Crippen molar-refractivity contribution in [1.29, 1.82) is 0 Å². The first-order valence-corrected chi connectivity index (χ1v) is 6.56. The van der Waals surface area contributed by atoms with Crippen LogP contribution in [0.25, 0.3) is 0 Å². The molecule has 0 atom stereocenters. The Morgan fingerprint density at radius 2 is 1.72 bits per heavy atom. The van der Waals surface area contributed by atoms with E-state index in [2.05, 4.69) is 6.92 Å². The molecule has 18 heavy (non-hydrogen) atoms. The summed E-state index contributed by atoms with van der Waals surface area (Å²) in [5.41, 5.74) is 2.00. The van der Waals surface area contributed by atoms with Gasteiger partial charge in [-0.2, -0.15) is 0 Å². The number of ether oxygens (including phenoxy) is 2. The van der Waals surface area contributed by atoms with Gasteiger partial charge in [0.2, 0.25) is 0 Å². The van der Waals surface area contributed by atoms with Crippen LogP contribution in [0.1, 0.15) is 40.5 Å². The molecule has 0 bridgehead atoms. The second-order valence-electron chi connectivity index (χ2n) is 5.79. The lowest BCUT2D eigenvalue weighted by atomic mass is 9.71. The summed E-state index contributed by atoms with van der Waals surface area (Å²) < 4.78 is 11.1. The Morgan fingerprint density at radius 3 is 2.33 bits per heavy atom. The minimum Gasteiger partial charge on any atom is -0.344 e. The van der Waals surface area contributed by atoms with Crippen molar-refractivity contribution < 1.29 is 14.3 Å². The third kappa shape index (κ3) is 2.43. The van der Waals surface area contributed by atoms with Crippen LogP contribution in [0.4, 0.5) is 0 Å². The third-order valence-corrected chi connectivity index (χ3v) is 3.97. The highest BCUT2D eigenvalue weighted by Gasteiger charge is 2.35. The maximum atomic E-state index is 12.0. The van der Waals surface area contributed by atoms with Crippen molar-refractivity contribution in [2.24, 2.45) is 5.41 Å². The number of carbonyl (C=O) groups is 1. The van der Waals surface area contributed by atoms with E-state index in [4.69, 9.17) is 9.47 Å². The lowest BCUT2D eigenvalue weighted by Crippen LogP contribution is -2.31. The molecule has 1 aliphatic heterocycles. The predicted octanol–water partition coefficient (Wildman–Crippen LogP) is 3.01. The number of hydrogen-bond donors (Lipinski definition) is 0. The van der Waals surface area contributed by atoms with Gasteiger partial charge in [0.05, 0.1) is 13.2 Å². The molecule has 0 radical (unpaired) electrons. The summed E-state index contributed by atoms with van der Waals surface area (Å²) in [6, 6.07) is 0. The third-order valence-electron chi connectivity index (χ3n) is 3.97. The van der Waals surface area contributed by atoms with Gasteiger partial charge in [0.15, 0.2) is 5.79 Å². The van der Waals surface area contributed by atoms with E-state index >= 15 is 0 Å². The minimum atomic E-state index is -0.635. The van der Waals surface area contributed by atoms with Gasteiger partial charge in [-0.3, -0.25) is 4.79 Å². The number of rotatable bonds is 2. The van der Waals surface area contributed by atoms with Crippen molar-refractivity contribution >= 4 is 5.78 Å². The first kappa shape index (κ1) is 13.5. The fourth-order valence-electron chi connectivity index (χ4n) is 2.64. The molecule has 100 valence electrons. The number of hydrogen-bond acceptors (Lipinski definition) is 3. The molecule has 0 N–H and O–H groups in total. The molecule has 3 nitrogen and oxygen atoms in total. The molecule has 0 spiro atoms. The Hall–Kier alpha value is -0.930. The molecule has 2 aliphatic rings. The van der Waals surface area contributed by atoms with E-state index in [9.17, 15) is 4.79 Å². The molecule has 0 aromatic heterocycles. The zero-order valence-corrected chi connectivity index (χ0v) is 11.7. The summed E-state index contributed by atoms with van der Waals surface area (Å²) in [4.78, 5) is 12.0. The van der Waals surface area contributed by atoms with Crippen LogP contribution < -0.4 is 0 Å². The van der Waals surface area contributed by atoms with E-state index < -0.39 is 11.2 Å². The minimum absolute atomic E-state index is 0.311. The van der Waals surface area contributed by atoms with Crippen LogP contribution in [-0.2, 0) is 14.3 Å². The number of Topliss-reactive ketones (excluding diaryl/α,β-unsaturated/α-hetero) is 1. The van der Waals surface area contributed by atoms with Crippen molar-refractivity contribution in [3.8, 4) is 0 Å². The number of ketones is 1. The summed E-state index contributed by atoms with van der Waals surface area (Å²) >= 11 is 0. The molecule has 1 saturated heterocycles. The van der Waals surface area contributed by atoms with Crippen LogP contribution in [-0.4, -0.2) is 24.8 Å². The maximum absolute atomic E-state index is 12.0. The summed E-state index contributed by atoms with van der Waals surface area (Å²) in [5.74, 6) is -0.324. The van der Waals surface area contributed by atoms with Crippen LogP contribution in [0.3, 0.4) is 0 Å². The summed E-state index contributed by atoms with van der Waals surface area (Å²) in [5, 5.41) is 0. The Labute approximate surface area is 109 Å². The van der Waals surface area contributed by atoms with Crippen LogP contribution >= 0.6 is 0 Å². The molecular weight excluding hydrogens is 228 g/mol. The smallest absolute Gasteiger partial charge is 0.185 e. The molecule has 3 heteroatoms. The molecular formula is C15H22O3. The molecule has 2 rings (SSSR count). The van der Waals surface area contributed by atoms with Gasteiger partial charge in [0, 0.05) is 11.8 Å².